The molecular weight excluding hydrogens is 864 g/mol. The Labute approximate surface area is 379 Å². The van der Waals surface area contributed by atoms with Crippen LogP contribution in [0.25, 0.3) is 20.9 Å². The molecule has 2 fully saturated rings. The monoisotopic (exact) mass is 934 g/mol. The molecule has 2 aliphatic heterocycles. The normalized spacial score (nSPS) is 25.3. The van der Waals surface area contributed by atoms with Crippen molar-refractivity contribution in [2.24, 2.45) is 33.9 Å². The first-order valence-electron chi connectivity index (χ1n) is 22.0. The number of nitrogens with zero attached hydrogens (tertiary/aromatic N) is 7. The van der Waals surface area contributed by atoms with Gasteiger partial charge in [0.1, 0.15) is 0 Å². The van der Waals surface area contributed by atoms with Crippen LogP contribution in [-0.4, -0.2) is 157 Å². The van der Waals surface area contributed by atoms with Gasteiger partial charge in [0.25, 0.3) is 0 Å². The molecule has 20 nitrogen and oxygen atoms in total. The number of carboxylic acid groups (broad SMARTS) is 1. The zero-order chi connectivity index (χ0) is 48.8. The number of amides is 1. The molecule has 0 aromatic carbocycles. The zero-order valence-corrected chi connectivity index (χ0v) is 38.8. The topological polar surface area (TPSA) is 269 Å². The van der Waals surface area contributed by atoms with E-state index in [1.807, 2.05) is 26.0 Å². The molecule has 2 aliphatic carbocycles. The van der Waals surface area contributed by atoms with Crippen LogP contribution in [0.15, 0.2) is 33.5 Å². The van der Waals surface area contributed by atoms with Crippen LogP contribution in [0.3, 0.4) is 0 Å². The summed E-state index contributed by atoms with van der Waals surface area (Å²) in [6.07, 6.45) is 4.06. The number of allylic oxidation sites excluding steroid dienone is 1. The van der Waals surface area contributed by atoms with Crippen LogP contribution in [0.1, 0.15) is 73.1 Å². The molecule has 0 saturated carbocycles. The summed E-state index contributed by atoms with van der Waals surface area (Å²) in [6, 6.07) is -1.39. The lowest BCUT2D eigenvalue weighted by Gasteiger charge is -2.44. The Balaban J connectivity index is 0.000000501. The lowest BCUT2D eigenvalue weighted by atomic mass is 9.79. The maximum absolute atomic E-state index is 12.4. The van der Waals surface area contributed by atoms with Gasteiger partial charge in [-0.3, -0.25) is 9.69 Å². The highest BCUT2D eigenvalue weighted by Crippen LogP contribution is 2.32. The van der Waals surface area contributed by atoms with Gasteiger partial charge in [-0.2, -0.15) is 13.2 Å². The summed E-state index contributed by atoms with van der Waals surface area (Å²) < 4.78 is 62.9. The molecule has 370 valence electrons. The molecular formula is C42H70F3N9O11. The minimum atomic E-state index is -5.08. The van der Waals surface area contributed by atoms with Crippen LogP contribution >= 0.6 is 0 Å². The third-order valence-electron chi connectivity index (χ3n) is 10.9. The number of methoxy groups -OCH3 is 2. The third-order valence-corrected chi connectivity index (χ3v) is 10.9. The van der Waals surface area contributed by atoms with E-state index in [-0.39, 0.29) is 48.8 Å². The second kappa shape index (κ2) is 33.1. The van der Waals surface area contributed by atoms with Gasteiger partial charge in [0.15, 0.2) is 0 Å². The SMILES string of the molecule is CCOC(=O)C1=C[C@@H](C)[C@H](C)[C@@H](N=[N+]=[N-])C1.CCOC(=O)C1=C[C@@H](N2CCC[C@H](COCCOC)C2)[C@H](NC(C)=O)[C@@H](N=[N+]=[N-])C1.COCCOC[C@H]1CCCNC1.O=C(O)C(F)(F)F. The molecule has 4 rings (SSSR count). The number of carbonyl (C=O) groups excluding carboxylic acids is 3. The Morgan fingerprint density at radius 1 is 0.862 bits per heavy atom. The van der Waals surface area contributed by atoms with Crippen molar-refractivity contribution in [2.45, 2.75) is 103 Å². The van der Waals surface area contributed by atoms with Crippen LogP contribution in [0.5, 0.6) is 0 Å². The largest absolute Gasteiger partial charge is 0.490 e. The number of ether oxygens (including phenoxy) is 6. The van der Waals surface area contributed by atoms with Crippen molar-refractivity contribution < 1.29 is 65.9 Å². The summed E-state index contributed by atoms with van der Waals surface area (Å²) >= 11 is 0. The van der Waals surface area contributed by atoms with Gasteiger partial charge in [0.2, 0.25) is 5.91 Å². The molecule has 0 unspecified atom stereocenters. The smallest absolute Gasteiger partial charge is 0.475 e. The fourth-order valence-electron chi connectivity index (χ4n) is 7.50. The lowest BCUT2D eigenvalue weighted by Crippen LogP contribution is -2.59. The lowest BCUT2D eigenvalue weighted by molar-refractivity contribution is -0.192. The van der Waals surface area contributed by atoms with Crippen LogP contribution < -0.4 is 10.6 Å². The quantitative estimate of drug-likeness (QED) is 0.0474. The molecule has 3 N–H and O–H groups in total. The van der Waals surface area contributed by atoms with Gasteiger partial charge in [-0.1, -0.05) is 36.2 Å². The highest BCUT2D eigenvalue weighted by molar-refractivity contribution is 5.89. The molecule has 0 aromatic heterocycles. The van der Waals surface area contributed by atoms with E-state index in [4.69, 9.17) is 49.4 Å². The average molecular weight is 934 g/mol. The van der Waals surface area contributed by atoms with E-state index in [1.54, 1.807) is 28.1 Å². The minimum Gasteiger partial charge on any atom is -0.475 e. The number of likely N-dealkylation sites (tertiary alicyclic amines) is 1. The van der Waals surface area contributed by atoms with Gasteiger partial charge in [0, 0.05) is 67.3 Å². The maximum atomic E-state index is 12.4. The van der Waals surface area contributed by atoms with Crippen molar-refractivity contribution in [3.8, 4) is 0 Å². The first-order chi connectivity index (χ1) is 31.0. The second-order valence-electron chi connectivity index (χ2n) is 15.9. The standard InChI is InChI=1S/C20H33N5O5.C11H17N3O2.C9H19NO2.C2HF3O2/c1-4-30-20(27)16-10-17(23-24-21)19(22-14(2)26)18(11-16)25-7-5-6-15(12-25)13-29-9-8-28-3;1-4-16-11(15)9-5-7(2)8(3)10(6-9)13-14-12;1-11-5-6-12-8-9-3-2-4-10-7-9;3-2(4,5)1(6)7/h11,15,17-19H,4-10,12-13H2,1-3H3,(H,22,26);5,7-8,10H,4,6H2,1-3H3;9-10H,2-8H2,1H3;(H,6,7)/t15-,17-,18+,19+;7-,8+,10+;9-;/m010./s1. The van der Waals surface area contributed by atoms with Gasteiger partial charge in [-0.15, -0.1) is 0 Å². The summed E-state index contributed by atoms with van der Waals surface area (Å²) in [5.74, 6) is -2.11. The molecule has 0 spiro atoms. The number of aliphatic carboxylic acids is 1. The Morgan fingerprint density at radius 3 is 1.88 bits per heavy atom. The number of halogens is 3. The Bertz CT molecular complexity index is 1600. The van der Waals surface area contributed by atoms with Crippen molar-refractivity contribution >= 4 is 23.8 Å². The summed E-state index contributed by atoms with van der Waals surface area (Å²) in [4.78, 5) is 52.8. The number of carbonyl (C=O) groups is 4. The first-order valence-corrected chi connectivity index (χ1v) is 22.0. The second-order valence-corrected chi connectivity index (χ2v) is 15.9. The average Bonchev–Trinajstić information content (AvgIpc) is 3.27. The summed E-state index contributed by atoms with van der Waals surface area (Å²) in [5.41, 5.74) is 18.6. The van der Waals surface area contributed by atoms with Gasteiger partial charge in [-0.25, -0.2) is 14.4 Å². The van der Waals surface area contributed by atoms with E-state index in [2.05, 4.69) is 35.6 Å². The van der Waals surface area contributed by atoms with Crippen molar-refractivity contribution in [1.29, 1.82) is 0 Å². The molecule has 2 saturated heterocycles. The van der Waals surface area contributed by atoms with E-state index >= 15 is 0 Å². The Kier molecular flexibility index (Phi) is 29.8. The van der Waals surface area contributed by atoms with Crippen LogP contribution in [0, 0.1) is 23.7 Å². The number of hydrogen-bond donors (Lipinski definition) is 3. The van der Waals surface area contributed by atoms with E-state index in [0.717, 1.165) is 51.6 Å². The number of alkyl halides is 3. The molecule has 23 heteroatoms. The van der Waals surface area contributed by atoms with Crippen molar-refractivity contribution in [3.05, 3.63) is 44.2 Å². The zero-order valence-electron chi connectivity index (χ0n) is 38.8. The van der Waals surface area contributed by atoms with Crippen molar-refractivity contribution in [1.82, 2.24) is 15.5 Å². The van der Waals surface area contributed by atoms with Gasteiger partial charge in [-0.05, 0) is 100 Å². The van der Waals surface area contributed by atoms with Gasteiger partial charge in [0.05, 0.1) is 64.9 Å². The molecule has 4 aliphatic rings. The van der Waals surface area contributed by atoms with E-state index in [9.17, 15) is 27.6 Å². The van der Waals surface area contributed by atoms with Crippen molar-refractivity contribution in [2.75, 3.05) is 93.3 Å². The van der Waals surface area contributed by atoms with E-state index in [1.165, 1.54) is 26.3 Å². The molecule has 0 radical (unpaired) electrons. The summed E-state index contributed by atoms with van der Waals surface area (Å²) in [6.45, 7) is 17.6. The van der Waals surface area contributed by atoms with E-state index in [0.29, 0.717) is 56.5 Å². The number of piperidine rings is 2. The Morgan fingerprint density at radius 2 is 1.38 bits per heavy atom. The van der Waals surface area contributed by atoms with E-state index < -0.39 is 30.2 Å². The number of carboxylic acids is 1. The summed E-state index contributed by atoms with van der Waals surface area (Å²) in [7, 11) is 3.34. The Hall–Kier alpha value is -4.47. The fourth-order valence-corrected chi connectivity index (χ4v) is 7.50. The first kappa shape index (κ1) is 58.5. The highest BCUT2D eigenvalue weighted by Gasteiger charge is 2.40. The van der Waals surface area contributed by atoms with Gasteiger partial charge < -0.3 is 44.2 Å². The highest BCUT2D eigenvalue weighted by atomic mass is 19.4. The summed E-state index contributed by atoms with van der Waals surface area (Å²) in [5, 5.41) is 21.1. The van der Waals surface area contributed by atoms with Crippen molar-refractivity contribution in [3.63, 3.8) is 0 Å². The predicted octanol–water partition coefficient (Wildman–Crippen LogP) is 5.92. The van der Waals surface area contributed by atoms with Crippen LogP contribution in [0.4, 0.5) is 13.2 Å². The molecule has 65 heavy (non-hydrogen) atoms. The fraction of sp³-hybridized carbons (Fsp3) is 0.810. The molecule has 0 bridgehead atoms. The number of hydrogen-bond acceptors (Lipinski definition) is 14. The number of esters is 2. The number of rotatable bonds is 18. The van der Waals surface area contributed by atoms with Crippen LogP contribution in [0.2, 0.25) is 0 Å². The molecule has 0 aromatic rings. The predicted molar refractivity (Wildman–Crippen MR) is 233 cm³/mol. The molecule has 8 atom stereocenters. The van der Waals surface area contributed by atoms with Gasteiger partial charge >= 0.3 is 24.1 Å². The molecule has 2 heterocycles. The van der Waals surface area contributed by atoms with Crippen LogP contribution in [-0.2, 0) is 47.6 Å². The number of nitrogens with one attached hydrogen (secondary N) is 2. The molecule has 1 amide bonds. The number of azide groups is 2. The maximum Gasteiger partial charge on any atom is 0.490 e. The minimum absolute atomic E-state index is 0.149. The third kappa shape index (κ3) is 23.5.